The molecule has 11 heavy (non-hydrogen) atoms. The molecule has 0 radical (unpaired) electrons. The Bertz CT molecular complexity index is 322. The smallest absolute Gasteiger partial charge is 0.0483 e. The monoisotopic (exact) mass is 248 g/mol. The van der Waals surface area contributed by atoms with E-state index in [1.165, 1.54) is 10.5 Å². The molecule has 1 aliphatic rings. The number of benzene rings is 1. The summed E-state index contributed by atoms with van der Waals surface area (Å²) in [7, 11) is 5.55. The van der Waals surface area contributed by atoms with Crippen LogP contribution >= 0.6 is 36.7 Å². The number of fused-ring (bicyclic) bond motifs is 1. The Kier molecular flexibility index (Phi) is 2.00. The third-order valence-corrected chi connectivity index (χ3v) is 5.94. The zero-order valence-corrected chi connectivity index (χ0v) is 8.83. The summed E-state index contributed by atoms with van der Waals surface area (Å²) in [4.78, 5) is 1.26. The maximum Gasteiger partial charge on any atom is 0.0483 e. The molecule has 0 aromatic heterocycles. The second-order valence-electron chi connectivity index (χ2n) is 2.31. The van der Waals surface area contributed by atoms with Crippen LogP contribution in [-0.2, 0) is 0 Å². The first kappa shape index (κ1) is 7.71. The third-order valence-electron chi connectivity index (χ3n) is 1.61. The van der Waals surface area contributed by atoms with Gasteiger partial charge in [0.1, 0.15) is 0 Å². The molecule has 1 aliphatic heterocycles. The minimum Gasteiger partial charge on any atom is -0.113 e. The lowest BCUT2D eigenvalue weighted by Gasteiger charge is -2.06. The fourth-order valence-corrected chi connectivity index (χ4v) is 3.58. The number of halogens is 2. The van der Waals surface area contributed by atoms with Gasteiger partial charge in [0.15, 0.2) is 0 Å². The van der Waals surface area contributed by atoms with Gasteiger partial charge in [-0.15, -0.1) is 10.1 Å². The minimum atomic E-state index is -0.592. The molecule has 0 nitrogen and oxygen atoms in total. The van der Waals surface area contributed by atoms with Gasteiger partial charge in [-0.1, -0.05) is 28.9 Å². The molecular formula is C8H6BrClS. The highest BCUT2D eigenvalue weighted by Gasteiger charge is 2.16. The Balaban J connectivity index is 2.58. The molecule has 0 fully saturated rings. The number of thiol groups is 1. The first-order chi connectivity index (χ1) is 5.29. The highest BCUT2D eigenvalue weighted by molar-refractivity contribution is 9.15. The summed E-state index contributed by atoms with van der Waals surface area (Å²) in [5.74, 6) is 0. The van der Waals surface area contributed by atoms with E-state index in [0.29, 0.717) is 0 Å². The van der Waals surface area contributed by atoms with Crippen LogP contribution in [0.5, 0.6) is 0 Å². The quantitative estimate of drug-likeness (QED) is 0.662. The molecule has 3 heteroatoms. The molecule has 0 saturated carbocycles. The van der Waals surface area contributed by atoms with Crippen LogP contribution in [0.3, 0.4) is 0 Å². The fourth-order valence-electron chi connectivity index (χ4n) is 1.09. The van der Waals surface area contributed by atoms with E-state index < -0.39 is 10.1 Å². The van der Waals surface area contributed by atoms with Gasteiger partial charge in [-0.05, 0) is 33.6 Å². The van der Waals surface area contributed by atoms with E-state index in [1.54, 1.807) is 0 Å². The van der Waals surface area contributed by atoms with Crippen molar-refractivity contribution in [2.45, 2.75) is 4.90 Å². The summed E-state index contributed by atoms with van der Waals surface area (Å²) < 4.78 is 1.12. The van der Waals surface area contributed by atoms with Crippen molar-refractivity contribution in [2.75, 3.05) is 0 Å². The molecule has 0 N–H and O–H groups in total. The average Bonchev–Trinajstić information content (AvgIpc) is 2.30. The Hall–Kier alpha value is 0.0800. The van der Waals surface area contributed by atoms with E-state index in [2.05, 4.69) is 34.1 Å². The molecule has 0 amide bonds. The fraction of sp³-hybridized carbons (Fsp3) is 0. The Morgan fingerprint density at radius 3 is 2.73 bits per heavy atom. The molecule has 1 aromatic rings. The average molecular weight is 250 g/mol. The molecule has 0 bridgehead atoms. The molecule has 0 saturated heterocycles. The summed E-state index contributed by atoms with van der Waals surface area (Å²) in [5, 5.41) is 0. The first-order valence-electron chi connectivity index (χ1n) is 3.21. The van der Waals surface area contributed by atoms with Crippen LogP contribution in [0.2, 0.25) is 0 Å². The van der Waals surface area contributed by atoms with Crippen LogP contribution in [0, 0.1) is 0 Å². The van der Waals surface area contributed by atoms with Gasteiger partial charge in [-0.3, -0.25) is 0 Å². The molecule has 58 valence electrons. The molecule has 1 unspecified atom stereocenters. The molecule has 1 heterocycles. The molecule has 0 aliphatic carbocycles. The second-order valence-corrected chi connectivity index (χ2v) is 6.31. The van der Waals surface area contributed by atoms with Crippen molar-refractivity contribution >= 4 is 42.8 Å². The van der Waals surface area contributed by atoms with Crippen molar-refractivity contribution in [1.82, 2.24) is 0 Å². The topological polar surface area (TPSA) is 0 Å². The lowest BCUT2D eigenvalue weighted by Crippen LogP contribution is -1.72. The summed E-state index contributed by atoms with van der Waals surface area (Å²) in [6.07, 6.45) is 2.09. The van der Waals surface area contributed by atoms with Gasteiger partial charge in [0, 0.05) is 8.71 Å². The van der Waals surface area contributed by atoms with Crippen molar-refractivity contribution in [2.24, 2.45) is 0 Å². The normalized spacial score (nSPS) is 24.5. The van der Waals surface area contributed by atoms with Crippen LogP contribution in [0.4, 0.5) is 0 Å². The largest absolute Gasteiger partial charge is 0.113 e. The SMILES string of the molecule is Cl[SH]1C(Br)=Cc2ccccc21. The van der Waals surface area contributed by atoms with Gasteiger partial charge in [0.05, 0.1) is 0 Å². The van der Waals surface area contributed by atoms with E-state index in [1.807, 2.05) is 12.1 Å². The Morgan fingerprint density at radius 1 is 1.27 bits per heavy atom. The maximum atomic E-state index is 6.14. The molecule has 1 atom stereocenters. The summed E-state index contributed by atoms with van der Waals surface area (Å²) >= 11 is 3.44. The Morgan fingerprint density at radius 2 is 2.00 bits per heavy atom. The molecular weight excluding hydrogens is 244 g/mol. The number of rotatable bonds is 0. The van der Waals surface area contributed by atoms with Crippen LogP contribution in [0.15, 0.2) is 33.0 Å². The van der Waals surface area contributed by atoms with E-state index in [9.17, 15) is 0 Å². The zero-order chi connectivity index (χ0) is 7.84. The maximum absolute atomic E-state index is 6.14. The second kappa shape index (κ2) is 2.85. The van der Waals surface area contributed by atoms with Crippen LogP contribution < -0.4 is 0 Å². The van der Waals surface area contributed by atoms with Gasteiger partial charge in [-0.2, -0.15) is 0 Å². The highest BCUT2D eigenvalue weighted by atomic mass is 79.9. The van der Waals surface area contributed by atoms with Gasteiger partial charge < -0.3 is 0 Å². The van der Waals surface area contributed by atoms with Crippen molar-refractivity contribution < 1.29 is 0 Å². The first-order valence-corrected chi connectivity index (χ1v) is 6.25. The Labute approximate surface area is 81.2 Å². The van der Waals surface area contributed by atoms with E-state index in [4.69, 9.17) is 10.7 Å². The lowest BCUT2D eigenvalue weighted by atomic mass is 10.2. The van der Waals surface area contributed by atoms with E-state index in [0.717, 1.165) is 3.81 Å². The van der Waals surface area contributed by atoms with Crippen molar-refractivity contribution in [3.63, 3.8) is 0 Å². The number of hydrogen-bond acceptors (Lipinski definition) is 0. The van der Waals surface area contributed by atoms with E-state index >= 15 is 0 Å². The standard InChI is InChI=1S/C8H6BrClS/c9-8-5-6-3-1-2-4-7(6)11(8)10/h1-5,11H. The summed E-state index contributed by atoms with van der Waals surface area (Å²) in [5.41, 5.74) is 1.25. The predicted molar refractivity (Wildman–Crippen MR) is 56.5 cm³/mol. The predicted octanol–water partition coefficient (Wildman–Crippen LogP) is 3.91. The lowest BCUT2D eigenvalue weighted by molar-refractivity contribution is 1.44. The van der Waals surface area contributed by atoms with Gasteiger partial charge in [-0.25, -0.2) is 0 Å². The number of hydrogen-bond donors (Lipinski definition) is 1. The van der Waals surface area contributed by atoms with Gasteiger partial charge >= 0.3 is 0 Å². The molecule has 1 aromatic carbocycles. The highest BCUT2D eigenvalue weighted by Crippen LogP contribution is 2.57. The van der Waals surface area contributed by atoms with Gasteiger partial charge in [0.25, 0.3) is 0 Å². The third kappa shape index (κ3) is 1.24. The zero-order valence-electron chi connectivity index (χ0n) is 5.59. The van der Waals surface area contributed by atoms with Crippen LogP contribution in [-0.4, -0.2) is 0 Å². The van der Waals surface area contributed by atoms with Crippen LogP contribution in [0.25, 0.3) is 6.08 Å². The van der Waals surface area contributed by atoms with Crippen LogP contribution in [0.1, 0.15) is 5.56 Å². The van der Waals surface area contributed by atoms with E-state index in [-0.39, 0.29) is 0 Å². The van der Waals surface area contributed by atoms with Crippen molar-refractivity contribution in [3.05, 3.63) is 33.6 Å². The van der Waals surface area contributed by atoms with Crippen molar-refractivity contribution in [3.8, 4) is 0 Å². The molecule has 2 rings (SSSR count). The molecule has 0 spiro atoms. The summed E-state index contributed by atoms with van der Waals surface area (Å²) in [6, 6.07) is 8.22. The minimum absolute atomic E-state index is 0.592. The summed E-state index contributed by atoms with van der Waals surface area (Å²) in [6.45, 7) is 0. The van der Waals surface area contributed by atoms with Gasteiger partial charge in [0.2, 0.25) is 0 Å². The van der Waals surface area contributed by atoms with Crippen molar-refractivity contribution in [1.29, 1.82) is 0 Å².